The van der Waals surface area contributed by atoms with Gasteiger partial charge in [-0.1, -0.05) is 17.9 Å². The average molecular weight is 213 g/mol. The summed E-state index contributed by atoms with van der Waals surface area (Å²) in [6, 6.07) is 7.52. The van der Waals surface area contributed by atoms with Crippen molar-refractivity contribution in [2.45, 2.75) is 0 Å². The van der Waals surface area contributed by atoms with Crippen LogP contribution >= 0.6 is 0 Å². The van der Waals surface area contributed by atoms with Crippen LogP contribution in [-0.4, -0.2) is 10.1 Å². The first kappa shape index (κ1) is 10.2. The van der Waals surface area contributed by atoms with Crippen molar-refractivity contribution in [3.63, 3.8) is 0 Å². The third-order valence-electron chi connectivity index (χ3n) is 1.90. The van der Waals surface area contributed by atoms with Crippen LogP contribution in [0.1, 0.15) is 11.1 Å². The summed E-state index contributed by atoms with van der Waals surface area (Å²) in [7, 11) is 0. The van der Waals surface area contributed by atoms with Gasteiger partial charge in [-0.05, 0) is 24.3 Å². The van der Waals surface area contributed by atoms with Crippen LogP contribution in [0.2, 0.25) is 0 Å². The zero-order valence-corrected chi connectivity index (χ0v) is 8.31. The van der Waals surface area contributed by atoms with Crippen molar-refractivity contribution in [1.82, 2.24) is 4.98 Å². The summed E-state index contributed by atoms with van der Waals surface area (Å²) in [6.07, 6.45) is 2.86. The molecule has 0 spiro atoms. The van der Waals surface area contributed by atoms with E-state index in [1.807, 2.05) is 0 Å². The highest BCUT2D eigenvalue weighted by Gasteiger charge is 1.92. The fourth-order valence-corrected chi connectivity index (χ4v) is 1.21. The molecule has 0 unspecified atom stereocenters. The SMILES string of the molecule is Oc1cncc(C#Cc2cccc(F)c2)c1. The van der Waals surface area contributed by atoms with Crippen molar-refractivity contribution in [3.05, 3.63) is 59.7 Å². The molecule has 1 heterocycles. The maximum Gasteiger partial charge on any atom is 0.135 e. The third kappa shape index (κ3) is 2.58. The molecular formula is C13H8FNO. The number of hydrogen-bond donors (Lipinski definition) is 1. The van der Waals surface area contributed by atoms with Gasteiger partial charge in [0.25, 0.3) is 0 Å². The second-order valence-corrected chi connectivity index (χ2v) is 3.19. The minimum Gasteiger partial charge on any atom is -0.506 e. The van der Waals surface area contributed by atoms with Gasteiger partial charge < -0.3 is 5.11 Å². The van der Waals surface area contributed by atoms with E-state index in [1.165, 1.54) is 30.6 Å². The van der Waals surface area contributed by atoms with Crippen molar-refractivity contribution in [2.75, 3.05) is 0 Å². The second kappa shape index (κ2) is 4.45. The molecule has 0 aliphatic rings. The van der Waals surface area contributed by atoms with Crippen molar-refractivity contribution in [3.8, 4) is 17.6 Å². The van der Waals surface area contributed by atoms with Gasteiger partial charge in [0.15, 0.2) is 0 Å². The predicted molar refractivity (Wildman–Crippen MR) is 58.3 cm³/mol. The van der Waals surface area contributed by atoms with Gasteiger partial charge in [-0.2, -0.15) is 0 Å². The van der Waals surface area contributed by atoms with Crippen LogP contribution in [0.15, 0.2) is 42.7 Å². The molecule has 2 aromatic rings. The summed E-state index contributed by atoms with van der Waals surface area (Å²) < 4.78 is 12.8. The van der Waals surface area contributed by atoms with Gasteiger partial charge in [0, 0.05) is 17.3 Å². The molecule has 1 N–H and O–H groups in total. The summed E-state index contributed by atoms with van der Waals surface area (Å²) in [5.41, 5.74) is 1.17. The largest absolute Gasteiger partial charge is 0.506 e. The summed E-state index contributed by atoms with van der Waals surface area (Å²) in [5.74, 6) is 5.32. The molecule has 0 aliphatic heterocycles. The van der Waals surface area contributed by atoms with Crippen molar-refractivity contribution >= 4 is 0 Å². The normalized spacial score (nSPS) is 9.31. The molecule has 0 atom stereocenters. The molecule has 0 aliphatic carbocycles. The predicted octanol–water partition coefficient (Wildman–Crippen LogP) is 2.33. The van der Waals surface area contributed by atoms with Crippen LogP contribution in [0.25, 0.3) is 0 Å². The lowest BCUT2D eigenvalue weighted by Gasteiger charge is -1.92. The second-order valence-electron chi connectivity index (χ2n) is 3.19. The molecular weight excluding hydrogens is 205 g/mol. The Morgan fingerprint density at radius 2 is 1.88 bits per heavy atom. The molecule has 2 rings (SSSR count). The summed E-state index contributed by atoms with van der Waals surface area (Å²) in [6.45, 7) is 0. The van der Waals surface area contributed by atoms with Crippen LogP contribution in [-0.2, 0) is 0 Å². The fraction of sp³-hybridized carbons (Fsp3) is 0. The Balaban J connectivity index is 2.28. The van der Waals surface area contributed by atoms with E-state index in [0.29, 0.717) is 11.1 Å². The highest BCUT2D eigenvalue weighted by molar-refractivity contribution is 5.43. The molecule has 0 fully saturated rings. The van der Waals surface area contributed by atoms with Gasteiger partial charge >= 0.3 is 0 Å². The Morgan fingerprint density at radius 1 is 1.06 bits per heavy atom. The maximum absolute atomic E-state index is 12.8. The van der Waals surface area contributed by atoms with E-state index in [2.05, 4.69) is 16.8 Å². The lowest BCUT2D eigenvalue weighted by molar-refractivity contribution is 0.472. The van der Waals surface area contributed by atoms with Crippen LogP contribution in [0.5, 0.6) is 5.75 Å². The van der Waals surface area contributed by atoms with E-state index < -0.39 is 0 Å². The monoisotopic (exact) mass is 213 g/mol. The molecule has 78 valence electrons. The molecule has 0 radical (unpaired) electrons. The van der Waals surface area contributed by atoms with Crippen LogP contribution in [0, 0.1) is 17.7 Å². The maximum atomic E-state index is 12.8. The smallest absolute Gasteiger partial charge is 0.135 e. The minimum atomic E-state index is -0.319. The van der Waals surface area contributed by atoms with Crippen LogP contribution in [0.3, 0.4) is 0 Å². The highest BCUT2D eigenvalue weighted by Crippen LogP contribution is 2.07. The number of nitrogens with zero attached hydrogens (tertiary/aromatic N) is 1. The van der Waals surface area contributed by atoms with Crippen molar-refractivity contribution in [1.29, 1.82) is 0 Å². The first-order valence-electron chi connectivity index (χ1n) is 4.66. The summed E-state index contributed by atoms with van der Waals surface area (Å²) in [4.78, 5) is 3.79. The number of rotatable bonds is 0. The zero-order valence-electron chi connectivity index (χ0n) is 8.31. The summed E-state index contributed by atoms with van der Waals surface area (Å²) in [5, 5.41) is 9.16. The fourth-order valence-electron chi connectivity index (χ4n) is 1.21. The molecule has 0 saturated heterocycles. The van der Waals surface area contributed by atoms with Gasteiger partial charge in [-0.3, -0.25) is 4.98 Å². The van der Waals surface area contributed by atoms with Gasteiger partial charge in [-0.15, -0.1) is 0 Å². The first-order valence-corrected chi connectivity index (χ1v) is 4.66. The molecule has 1 aromatic carbocycles. The van der Waals surface area contributed by atoms with E-state index in [4.69, 9.17) is 5.11 Å². The zero-order chi connectivity index (χ0) is 11.4. The molecule has 0 saturated carbocycles. The average Bonchev–Trinajstić information content (AvgIpc) is 2.27. The Hall–Kier alpha value is -2.34. The third-order valence-corrected chi connectivity index (χ3v) is 1.90. The summed E-state index contributed by atoms with van der Waals surface area (Å²) >= 11 is 0. The van der Waals surface area contributed by atoms with E-state index >= 15 is 0 Å². The number of benzene rings is 1. The van der Waals surface area contributed by atoms with E-state index in [-0.39, 0.29) is 11.6 Å². The first-order chi connectivity index (χ1) is 7.74. The van der Waals surface area contributed by atoms with E-state index in [0.717, 1.165) is 0 Å². The van der Waals surface area contributed by atoms with Gasteiger partial charge in [-0.25, -0.2) is 4.39 Å². The molecule has 0 amide bonds. The topological polar surface area (TPSA) is 33.1 Å². The van der Waals surface area contributed by atoms with Gasteiger partial charge in [0.2, 0.25) is 0 Å². The minimum absolute atomic E-state index is 0.0612. The van der Waals surface area contributed by atoms with Gasteiger partial charge in [0.1, 0.15) is 11.6 Å². The number of aromatic nitrogens is 1. The van der Waals surface area contributed by atoms with Gasteiger partial charge in [0.05, 0.1) is 6.20 Å². The number of halogens is 1. The van der Waals surface area contributed by atoms with E-state index in [9.17, 15) is 4.39 Å². The Bertz CT molecular complexity index is 520. The molecule has 16 heavy (non-hydrogen) atoms. The quantitative estimate of drug-likeness (QED) is 0.681. The van der Waals surface area contributed by atoms with Crippen LogP contribution < -0.4 is 0 Å². The molecule has 0 bridgehead atoms. The highest BCUT2D eigenvalue weighted by atomic mass is 19.1. The molecule has 2 nitrogen and oxygen atoms in total. The van der Waals surface area contributed by atoms with Crippen LogP contribution in [0.4, 0.5) is 4.39 Å². The van der Waals surface area contributed by atoms with Crippen molar-refractivity contribution in [2.24, 2.45) is 0 Å². The standard InChI is InChI=1S/C13H8FNO/c14-12-3-1-2-10(6-12)4-5-11-7-13(16)9-15-8-11/h1-3,6-9,16H. The number of hydrogen-bond acceptors (Lipinski definition) is 2. The Morgan fingerprint density at radius 3 is 2.62 bits per heavy atom. The Kier molecular flexibility index (Phi) is 2.84. The number of pyridine rings is 1. The van der Waals surface area contributed by atoms with Crippen molar-refractivity contribution < 1.29 is 9.50 Å². The molecule has 1 aromatic heterocycles. The lowest BCUT2D eigenvalue weighted by Crippen LogP contribution is -1.79. The lowest BCUT2D eigenvalue weighted by atomic mass is 10.2. The number of aromatic hydroxyl groups is 1. The molecule has 3 heteroatoms. The Labute approximate surface area is 92.4 Å². The van der Waals surface area contributed by atoms with E-state index in [1.54, 1.807) is 12.1 Å².